The maximum atomic E-state index is 13.5. The fourth-order valence-electron chi connectivity index (χ4n) is 8.69. The van der Waals surface area contributed by atoms with Gasteiger partial charge in [-0.25, -0.2) is 15.1 Å². The summed E-state index contributed by atoms with van der Waals surface area (Å²) in [5.41, 5.74) is 16.5. The molecule has 7 aromatic carbocycles. The number of rotatable bonds is 15. The highest BCUT2D eigenvalue weighted by atomic mass is 16.5. The molecule has 2 aromatic heterocycles. The van der Waals surface area contributed by atoms with E-state index in [1.807, 2.05) is 72.3 Å². The lowest BCUT2D eigenvalue weighted by Crippen LogP contribution is -2.39. The molecule has 2 N–H and O–H groups in total. The minimum absolute atomic E-state index is 0.220. The van der Waals surface area contributed by atoms with Crippen LogP contribution < -0.4 is 15.6 Å². The maximum Gasteiger partial charge on any atom is 0.265 e. The van der Waals surface area contributed by atoms with Gasteiger partial charge in [-0.2, -0.15) is 0 Å². The van der Waals surface area contributed by atoms with E-state index in [0.717, 1.165) is 85.5 Å². The Balaban J connectivity index is 1.05. The van der Waals surface area contributed by atoms with Crippen molar-refractivity contribution in [1.82, 2.24) is 40.6 Å². The zero-order valence-electron chi connectivity index (χ0n) is 35.6. The molecule has 0 aliphatic carbocycles. The second-order valence-electron chi connectivity index (χ2n) is 15.6. The summed E-state index contributed by atoms with van der Waals surface area (Å²) in [6.07, 6.45) is 1.75. The van der Waals surface area contributed by atoms with Crippen LogP contribution in [0.1, 0.15) is 62.9 Å². The number of aryl methyl sites for hydroxylation is 2. The van der Waals surface area contributed by atoms with Crippen molar-refractivity contribution in [2.45, 2.75) is 45.3 Å². The van der Waals surface area contributed by atoms with Gasteiger partial charge in [0.05, 0.1) is 18.1 Å². The number of aromatic nitrogens is 6. The fourth-order valence-corrected chi connectivity index (χ4v) is 8.69. The number of carbonyl (C=O) groups excluding carboxylic acids is 1. The van der Waals surface area contributed by atoms with E-state index in [9.17, 15) is 4.79 Å². The Kier molecular flexibility index (Phi) is 11.7. The number of carbonyl (C=O) groups is 1. The van der Waals surface area contributed by atoms with E-state index in [-0.39, 0.29) is 5.91 Å². The highest BCUT2D eigenvalue weighted by Crippen LogP contribution is 2.43. The number of hydrogen-bond donors (Lipinski definition) is 2. The van der Waals surface area contributed by atoms with Crippen molar-refractivity contribution in [1.29, 1.82) is 0 Å². The summed E-state index contributed by atoms with van der Waals surface area (Å²) in [5.74, 6) is 2.17. The number of hydrazine groups is 1. The van der Waals surface area contributed by atoms with Crippen LogP contribution >= 0.6 is 0 Å². The lowest BCUT2D eigenvalue weighted by atomic mass is 9.77. The molecular formula is C53H48N8O2. The van der Waals surface area contributed by atoms with Gasteiger partial charge in [0.2, 0.25) is 0 Å². The number of nitrogens with one attached hydrogen (secondary N) is 2. The Labute approximate surface area is 367 Å². The number of fused-ring (bicyclic) bond motifs is 1. The maximum absolute atomic E-state index is 13.5. The molecule has 0 spiro atoms. The minimum Gasteiger partial charge on any atom is -0.496 e. The Hall–Kier alpha value is -7.69. The first-order chi connectivity index (χ1) is 31.0. The number of para-hydroxylation sites is 1. The molecule has 10 nitrogen and oxygen atoms in total. The molecule has 0 radical (unpaired) electrons. The van der Waals surface area contributed by atoms with Gasteiger partial charge >= 0.3 is 0 Å². The number of amides is 1. The largest absolute Gasteiger partial charge is 0.496 e. The van der Waals surface area contributed by atoms with E-state index in [4.69, 9.17) is 20.0 Å². The van der Waals surface area contributed by atoms with Crippen molar-refractivity contribution < 1.29 is 9.53 Å². The van der Waals surface area contributed by atoms with Gasteiger partial charge in [-0.3, -0.25) is 10.2 Å². The van der Waals surface area contributed by atoms with E-state index < -0.39 is 5.54 Å². The highest BCUT2D eigenvalue weighted by molar-refractivity contribution is 5.98. The first-order valence-corrected chi connectivity index (χ1v) is 21.3. The summed E-state index contributed by atoms with van der Waals surface area (Å²) in [7, 11) is 1.64. The SMILES string of the molecule is CCCc1nc2c(C)cc(C(=O)NNCc3ccccc3OC)cc2n1Cc1ccc(-c2ccccc2-c2nnnn2C(c2ccccc2)(c2ccccc2)c2ccccc2)cc1. The normalized spacial score (nSPS) is 11.5. The van der Waals surface area contributed by atoms with E-state index in [1.165, 1.54) is 0 Å². The van der Waals surface area contributed by atoms with Crippen LogP contribution in [-0.2, 0) is 25.0 Å². The van der Waals surface area contributed by atoms with E-state index >= 15 is 0 Å². The summed E-state index contributed by atoms with van der Waals surface area (Å²) in [4.78, 5) is 18.6. The zero-order chi connectivity index (χ0) is 43.2. The molecule has 0 saturated carbocycles. The number of nitrogens with zero attached hydrogens (tertiary/aromatic N) is 6. The summed E-state index contributed by atoms with van der Waals surface area (Å²) < 4.78 is 9.70. The fraction of sp³-hybridized carbons (Fsp3) is 0.151. The molecule has 0 bridgehead atoms. The lowest BCUT2D eigenvalue weighted by molar-refractivity contribution is 0.0932. The molecule has 0 fully saturated rings. The van der Waals surface area contributed by atoms with Gasteiger partial charge in [0.25, 0.3) is 5.91 Å². The molecule has 0 saturated heterocycles. The van der Waals surface area contributed by atoms with Crippen LogP contribution in [-0.4, -0.2) is 42.8 Å². The van der Waals surface area contributed by atoms with Crippen molar-refractivity contribution in [3.05, 3.63) is 221 Å². The van der Waals surface area contributed by atoms with Crippen LogP contribution in [0, 0.1) is 6.92 Å². The second-order valence-corrected chi connectivity index (χ2v) is 15.6. The Morgan fingerprint density at radius 2 is 1.32 bits per heavy atom. The van der Waals surface area contributed by atoms with Crippen LogP contribution in [0.5, 0.6) is 5.75 Å². The predicted molar refractivity (Wildman–Crippen MR) is 248 cm³/mol. The second kappa shape index (κ2) is 18.1. The van der Waals surface area contributed by atoms with Gasteiger partial charge in [-0.05, 0) is 80.9 Å². The third kappa shape index (κ3) is 7.88. The van der Waals surface area contributed by atoms with Crippen molar-refractivity contribution in [3.8, 4) is 28.3 Å². The number of benzene rings is 7. The molecule has 1 amide bonds. The van der Waals surface area contributed by atoms with Crippen molar-refractivity contribution in [2.24, 2.45) is 0 Å². The van der Waals surface area contributed by atoms with E-state index in [0.29, 0.717) is 24.5 Å². The third-order valence-electron chi connectivity index (χ3n) is 11.7. The smallest absolute Gasteiger partial charge is 0.265 e. The standard InChI is InChI=1S/C53H48N8O2/c1-4-18-49-55-50-37(2)33-41(52(62)57-54-35-40-19-14-17-28-48(40)63-3)34-47(50)60(49)36-38-29-31-39(32-30-38)45-26-15-16-27-46(45)51-56-58-59-61(51)53(42-20-8-5-9-21-42,43-22-10-6-11-23-43)44-24-12-7-13-25-44/h5-17,19-34,54H,4,18,35-36H2,1-3H3,(H,57,62). The van der Waals surface area contributed by atoms with Crippen LogP contribution in [0.4, 0.5) is 0 Å². The Morgan fingerprint density at radius 3 is 1.95 bits per heavy atom. The molecule has 0 aliphatic heterocycles. The summed E-state index contributed by atoms with van der Waals surface area (Å²) in [5, 5.41) is 13.9. The topological polar surface area (TPSA) is 112 Å². The van der Waals surface area contributed by atoms with Crippen LogP contribution in [0.25, 0.3) is 33.5 Å². The van der Waals surface area contributed by atoms with Gasteiger partial charge in [0.1, 0.15) is 17.1 Å². The summed E-state index contributed by atoms with van der Waals surface area (Å²) >= 11 is 0. The molecule has 63 heavy (non-hydrogen) atoms. The summed E-state index contributed by atoms with van der Waals surface area (Å²) in [6, 6.07) is 59.9. The average Bonchev–Trinajstić information content (AvgIpc) is 3.96. The number of imidazole rings is 1. The van der Waals surface area contributed by atoms with E-state index in [1.54, 1.807) is 7.11 Å². The lowest BCUT2D eigenvalue weighted by Gasteiger charge is -2.36. The highest BCUT2D eigenvalue weighted by Gasteiger charge is 2.42. The average molecular weight is 829 g/mol. The zero-order valence-corrected chi connectivity index (χ0v) is 35.6. The van der Waals surface area contributed by atoms with Gasteiger partial charge in [-0.15, -0.1) is 5.10 Å². The predicted octanol–water partition coefficient (Wildman–Crippen LogP) is 9.95. The van der Waals surface area contributed by atoms with Crippen molar-refractivity contribution in [2.75, 3.05) is 7.11 Å². The third-order valence-corrected chi connectivity index (χ3v) is 11.7. The van der Waals surface area contributed by atoms with Crippen LogP contribution in [0.15, 0.2) is 176 Å². The molecule has 9 aromatic rings. The molecule has 0 atom stereocenters. The Bertz CT molecular complexity index is 2880. The van der Waals surface area contributed by atoms with Crippen molar-refractivity contribution >= 4 is 16.9 Å². The van der Waals surface area contributed by atoms with E-state index in [2.05, 4.69) is 143 Å². The van der Waals surface area contributed by atoms with Crippen LogP contribution in [0.2, 0.25) is 0 Å². The number of tetrazole rings is 1. The van der Waals surface area contributed by atoms with Gasteiger partial charge in [0.15, 0.2) is 5.82 Å². The quantitative estimate of drug-likeness (QED) is 0.0782. The molecule has 312 valence electrons. The Morgan fingerprint density at radius 1 is 0.714 bits per heavy atom. The number of methoxy groups -OCH3 is 1. The molecule has 9 rings (SSSR count). The molecule has 0 unspecified atom stereocenters. The monoisotopic (exact) mass is 828 g/mol. The first-order valence-electron chi connectivity index (χ1n) is 21.3. The first kappa shape index (κ1) is 40.7. The molecule has 2 heterocycles. The number of ether oxygens (including phenoxy) is 1. The number of hydrogen-bond acceptors (Lipinski definition) is 7. The molecule has 0 aliphatic rings. The van der Waals surface area contributed by atoms with Gasteiger partial charge in [0, 0.05) is 36.2 Å². The van der Waals surface area contributed by atoms with Gasteiger partial charge < -0.3 is 9.30 Å². The van der Waals surface area contributed by atoms with Crippen LogP contribution in [0.3, 0.4) is 0 Å². The van der Waals surface area contributed by atoms with Crippen molar-refractivity contribution in [3.63, 3.8) is 0 Å². The molecule has 10 heteroatoms. The minimum atomic E-state index is -0.880. The summed E-state index contributed by atoms with van der Waals surface area (Å²) in [6.45, 7) is 5.19. The van der Waals surface area contributed by atoms with Gasteiger partial charge in [-0.1, -0.05) is 165 Å². The molecular weight excluding hydrogens is 781 g/mol.